The maximum atomic E-state index is 13.3. The average Bonchev–Trinajstić information content (AvgIpc) is 3.13. The molecule has 0 spiro atoms. The van der Waals surface area contributed by atoms with Crippen LogP contribution in [0.25, 0.3) is 0 Å². The molecule has 2 heterocycles. The van der Waals surface area contributed by atoms with Gasteiger partial charge < -0.3 is 9.80 Å². The first-order chi connectivity index (χ1) is 12.5. The van der Waals surface area contributed by atoms with Gasteiger partial charge in [0.1, 0.15) is 10.8 Å². The number of amides is 2. The van der Waals surface area contributed by atoms with Gasteiger partial charge in [0.2, 0.25) is 11.8 Å². The largest absolute Gasteiger partial charge is 0.342 e. The van der Waals surface area contributed by atoms with Crippen molar-refractivity contribution in [1.29, 1.82) is 0 Å². The molecule has 1 atom stereocenters. The second kappa shape index (κ2) is 8.40. The lowest BCUT2D eigenvalue weighted by Gasteiger charge is -2.33. The van der Waals surface area contributed by atoms with Crippen LogP contribution in [0.2, 0.25) is 0 Å². The number of halogens is 1. The molecule has 0 bridgehead atoms. The van der Waals surface area contributed by atoms with Gasteiger partial charge in [0, 0.05) is 38.1 Å². The van der Waals surface area contributed by atoms with Gasteiger partial charge in [0.15, 0.2) is 0 Å². The van der Waals surface area contributed by atoms with Crippen molar-refractivity contribution in [1.82, 2.24) is 14.8 Å². The summed E-state index contributed by atoms with van der Waals surface area (Å²) in [6.45, 7) is 1.42. The lowest BCUT2D eigenvalue weighted by molar-refractivity contribution is -0.142. The standard InChI is InChI=1S/C19H22FN3O2S/c1-22(13-17-21-8-10-26-17)19(25)15-5-6-18(24)23(12-15)9-7-14-3-2-4-16(20)11-14/h2-4,8,10-11,15H,5-7,9,12-13H2,1H3. The third kappa shape index (κ3) is 4.66. The Balaban J connectivity index is 1.56. The lowest BCUT2D eigenvalue weighted by atomic mass is 9.95. The van der Waals surface area contributed by atoms with E-state index in [0.717, 1.165) is 10.6 Å². The molecule has 3 rings (SSSR count). The Hall–Kier alpha value is -2.28. The van der Waals surface area contributed by atoms with E-state index in [-0.39, 0.29) is 23.5 Å². The number of hydrogen-bond donors (Lipinski definition) is 0. The number of aromatic nitrogens is 1. The first kappa shape index (κ1) is 18.5. The van der Waals surface area contributed by atoms with Gasteiger partial charge in [-0.1, -0.05) is 12.1 Å². The Kier molecular flexibility index (Phi) is 5.98. The summed E-state index contributed by atoms with van der Waals surface area (Å²) in [6, 6.07) is 6.41. The third-order valence-corrected chi connectivity index (χ3v) is 5.41. The van der Waals surface area contributed by atoms with Crippen LogP contribution in [0.15, 0.2) is 35.8 Å². The topological polar surface area (TPSA) is 53.5 Å². The van der Waals surface area contributed by atoms with Gasteiger partial charge in [-0.3, -0.25) is 9.59 Å². The van der Waals surface area contributed by atoms with Crippen LogP contribution in [-0.4, -0.2) is 46.7 Å². The normalized spacial score (nSPS) is 17.4. The Morgan fingerprint density at radius 2 is 2.31 bits per heavy atom. The monoisotopic (exact) mass is 375 g/mol. The Morgan fingerprint density at radius 3 is 3.04 bits per heavy atom. The number of hydrogen-bond acceptors (Lipinski definition) is 4. The highest BCUT2D eigenvalue weighted by molar-refractivity contribution is 7.09. The van der Waals surface area contributed by atoms with E-state index < -0.39 is 0 Å². The van der Waals surface area contributed by atoms with E-state index in [1.807, 2.05) is 11.4 Å². The van der Waals surface area contributed by atoms with E-state index in [1.54, 1.807) is 29.1 Å². The van der Waals surface area contributed by atoms with Crippen molar-refractivity contribution in [3.05, 3.63) is 52.2 Å². The minimum absolute atomic E-state index is 0.0449. The molecule has 1 aliphatic heterocycles. The van der Waals surface area contributed by atoms with Crippen LogP contribution in [0.4, 0.5) is 4.39 Å². The van der Waals surface area contributed by atoms with Crippen LogP contribution in [-0.2, 0) is 22.6 Å². The summed E-state index contributed by atoms with van der Waals surface area (Å²) in [5.74, 6) is -0.356. The van der Waals surface area contributed by atoms with E-state index in [1.165, 1.54) is 23.5 Å². The molecule has 1 fully saturated rings. The fourth-order valence-electron chi connectivity index (χ4n) is 3.21. The fraction of sp³-hybridized carbons (Fsp3) is 0.421. The first-order valence-electron chi connectivity index (χ1n) is 8.68. The van der Waals surface area contributed by atoms with Crippen molar-refractivity contribution in [2.45, 2.75) is 25.8 Å². The van der Waals surface area contributed by atoms with Crippen molar-refractivity contribution in [2.24, 2.45) is 5.92 Å². The van der Waals surface area contributed by atoms with Gasteiger partial charge in [0.25, 0.3) is 0 Å². The highest BCUT2D eigenvalue weighted by atomic mass is 32.1. The van der Waals surface area contributed by atoms with E-state index >= 15 is 0 Å². The van der Waals surface area contributed by atoms with Crippen molar-refractivity contribution in [3.63, 3.8) is 0 Å². The van der Waals surface area contributed by atoms with Crippen molar-refractivity contribution in [3.8, 4) is 0 Å². The second-order valence-corrected chi connectivity index (χ2v) is 7.55. The van der Waals surface area contributed by atoms with E-state index in [9.17, 15) is 14.0 Å². The molecule has 7 heteroatoms. The summed E-state index contributed by atoms with van der Waals surface area (Å²) in [5, 5.41) is 2.79. The lowest BCUT2D eigenvalue weighted by Crippen LogP contribution is -2.46. The van der Waals surface area contributed by atoms with Crippen LogP contribution in [0.5, 0.6) is 0 Å². The first-order valence-corrected chi connectivity index (χ1v) is 9.56. The molecule has 0 saturated carbocycles. The van der Waals surface area contributed by atoms with Gasteiger partial charge in [-0.15, -0.1) is 11.3 Å². The highest BCUT2D eigenvalue weighted by Crippen LogP contribution is 2.21. The zero-order valence-electron chi connectivity index (χ0n) is 14.7. The zero-order valence-corrected chi connectivity index (χ0v) is 15.5. The Morgan fingerprint density at radius 1 is 1.46 bits per heavy atom. The maximum absolute atomic E-state index is 13.3. The smallest absolute Gasteiger partial charge is 0.227 e. The molecule has 1 unspecified atom stereocenters. The number of carbonyl (C=O) groups excluding carboxylic acids is 2. The molecule has 0 aliphatic carbocycles. The summed E-state index contributed by atoms with van der Waals surface area (Å²) in [5.41, 5.74) is 0.854. The summed E-state index contributed by atoms with van der Waals surface area (Å²) in [6.07, 6.45) is 3.27. The molecule has 26 heavy (non-hydrogen) atoms. The summed E-state index contributed by atoms with van der Waals surface area (Å²) in [4.78, 5) is 32.5. The van der Waals surface area contributed by atoms with Crippen LogP contribution in [0.1, 0.15) is 23.4 Å². The Bertz CT molecular complexity index is 766. The van der Waals surface area contributed by atoms with Crippen molar-refractivity contribution < 1.29 is 14.0 Å². The highest BCUT2D eigenvalue weighted by Gasteiger charge is 2.31. The van der Waals surface area contributed by atoms with Crippen molar-refractivity contribution >= 4 is 23.2 Å². The summed E-state index contributed by atoms with van der Waals surface area (Å²) < 4.78 is 13.3. The Labute approximate surface area is 156 Å². The minimum Gasteiger partial charge on any atom is -0.342 e. The number of piperidine rings is 1. The summed E-state index contributed by atoms with van der Waals surface area (Å²) in [7, 11) is 1.78. The number of rotatable bonds is 6. The van der Waals surface area contributed by atoms with Crippen LogP contribution in [0, 0.1) is 11.7 Å². The van der Waals surface area contributed by atoms with Crippen LogP contribution in [0.3, 0.4) is 0 Å². The molecule has 0 N–H and O–H groups in total. The average molecular weight is 375 g/mol. The maximum Gasteiger partial charge on any atom is 0.227 e. The number of carbonyl (C=O) groups is 2. The molecule has 0 radical (unpaired) electrons. The van der Waals surface area contributed by atoms with Gasteiger partial charge in [-0.25, -0.2) is 9.37 Å². The SMILES string of the molecule is CN(Cc1nccs1)C(=O)C1CCC(=O)N(CCc2cccc(F)c2)C1. The van der Waals surface area contributed by atoms with Gasteiger partial charge in [-0.2, -0.15) is 0 Å². The molecule has 1 saturated heterocycles. The van der Waals surface area contributed by atoms with E-state index in [4.69, 9.17) is 0 Å². The zero-order chi connectivity index (χ0) is 18.5. The number of thiazole rings is 1. The predicted octanol–water partition coefficient (Wildman–Crippen LogP) is 2.72. The number of likely N-dealkylation sites (tertiary alicyclic amines) is 1. The minimum atomic E-state index is -0.274. The molecule has 1 aromatic carbocycles. The predicted molar refractivity (Wildman–Crippen MR) is 98.0 cm³/mol. The third-order valence-electron chi connectivity index (χ3n) is 4.64. The molecule has 1 aliphatic rings. The van der Waals surface area contributed by atoms with Crippen LogP contribution >= 0.6 is 11.3 Å². The van der Waals surface area contributed by atoms with Crippen LogP contribution < -0.4 is 0 Å². The summed E-state index contributed by atoms with van der Waals surface area (Å²) >= 11 is 1.52. The number of nitrogens with zero attached hydrogens (tertiary/aromatic N) is 3. The van der Waals surface area contributed by atoms with Gasteiger partial charge in [-0.05, 0) is 30.5 Å². The molecular formula is C19H22FN3O2S. The fourth-order valence-corrected chi connectivity index (χ4v) is 3.88. The molecular weight excluding hydrogens is 353 g/mol. The second-order valence-electron chi connectivity index (χ2n) is 6.58. The van der Waals surface area contributed by atoms with Gasteiger partial charge >= 0.3 is 0 Å². The molecule has 138 valence electrons. The molecule has 2 aromatic rings. The van der Waals surface area contributed by atoms with E-state index in [2.05, 4.69) is 4.98 Å². The molecule has 5 nitrogen and oxygen atoms in total. The quantitative estimate of drug-likeness (QED) is 0.780. The van der Waals surface area contributed by atoms with Crippen molar-refractivity contribution in [2.75, 3.05) is 20.1 Å². The van der Waals surface area contributed by atoms with Gasteiger partial charge in [0.05, 0.1) is 12.5 Å². The molecule has 2 amide bonds. The van der Waals surface area contributed by atoms with E-state index in [0.29, 0.717) is 38.9 Å². The molecule has 1 aromatic heterocycles. The number of benzene rings is 1.